The highest BCUT2D eigenvalue weighted by Gasteiger charge is 2.31. The summed E-state index contributed by atoms with van der Waals surface area (Å²) in [5.41, 5.74) is 11.4. The summed E-state index contributed by atoms with van der Waals surface area (Å²) >= 11 is 0. The molecule has 1 aliphatic carbocycles. The van der Waals surface area contributed by atoms with E-state index in [0.717, 1.165) is 58.6 Å². The van der Waals surface area contributed by atoms with Crippen molar-refractivity contribution in [3.63, 3.8) is 0 Å². The van der Waals surface area contributed by atoms with Crippen LogP contribution in [-0.2, 0) is 16.0 Å². The van der Waals surface area contributed by atoms with Gasteiger partial charge in [0.05, 0.1) is 17.1 Å². The molecule has 1 fully saturated rings. The van der Waals surface area contributed by atoms with Gasteiger partial charge < -0.3 is 20.2 Å². The van der Waals surface area contributed by atoms with Crippen molar-refractivity contribution in [1.29, 1.82) is 0 Å². The van der Waals surface area contributed by atoms with E-state index in [2.05, 4.69) is 20.1 Å². The van der Waals surface area contributed by atoms with Crippen molar-refractivity contribution in [2.24, 2.45) is 11.1 Å². The maximum Gasteiger partial charge on any atom is 0.410 e. The summed E-state index contributed by atoms with van der Waals surface area (Å²) in [6.07, 6.45) is 7.06. The highest BCUT2D eigenvalue weighted by atomic mass is 19.1. The van der Waals surface area contributed by atoms with E-state index in [1.54, 1.807) is 23.4 Å². The number of ether oxygens (including phenoxy) is 1. The molecule has 42 heavy (non-hydrogen) atoms. The number of nitrogens with zero attached hydrogens (tertiary/aromatic N) is 5. The molecule has 1 unspecified atom stereocenters. The van der Waals surface area contributed by atoms with Crippen LogP contribution < -0.4 is 5.73 Å². The molecule has 2 aliphatic rings. The number of aryl methyl sites for hydroxylation is 1. The SMILES string of the molecule is Cc1nc(N)nc2c1/C(=N/OCCC1CCN(C(=O)OC(C)(C)C)CC1)CC(c1ccc(F)cc1-c1cccnc1)C2. The Balaban J connectivity index is 1.29. The van der Waals surface area contributed by atoms with Crippen LogP contribution in [0, 0.1) is 18.7 Å². The van der Waals surface area contributed by atoms with E-state index in [1.165, 1.54) is 6.07 Å². The monoisotopic (exact) mass is 574 g/mol. The molecule has 5 rings (SSSR count). The molecule has 1 atom stereocenters. The van der Waals surface area contributed by atoms with Crippen molar-refractivity contribution >= 4 is 17.8 Å². The third kappa shape index (κ3) is 7.03. The summed E-state index contributed by atoms with van der Waals surface area (Å²) in [4.78, 5) is 33.3. The Bertz CT molecular complexity index is 1450. The summed E-state index contributed by atoms with van der Waals surface area (Å²) in [5, 5.41) is 4.60. The number of likely N-dealkylation sites (tertiary alicyclic amines) is 1. The second kappa shape index (κ2) is 12.4. The number of nitrogen functional groups attached to an aromatic ring is 1. The summed E-state index contributed by atoms with van der Waals surface area (Å²) in [6, 6.07) is 8.67. The first-order valence-corrected chi connectivity index (χ1v) is 14.6. The Morgan fingerprint density at radius 3 is 2.67 bits per heavy atom. The van der Waals surface area contributed by atoms with Crippen LogP contribution in [0.4, 0.5) is 15.1 Å². The molecule has 222 valence electrons. The van der Waals surface area contributed by atoms with Crippen LogP contribution in [0.2, 0.25) is 0 Å². The number of oxime groups is 1. The molecular weight excluding hydrogens is 535 g/mol. The van der Waals surface area contributed by atoms with Gasteiger partial charge in [-0.15, -0.1) is 0 Å². The molecular formula is C32H39FN6O3. The van der Waals surface area contributed by atoms with Crippen molar-refractivity contribution in [2.75, 3.05) is 25.4 Å². The van der Waals surface area contributed by atoms with Crippen molar-refractivity contribution in [3.8, 4) is 11.1 Å². The van der Waals surface area contributed by atoms with Crippen LogP contribution in [0.5, 0.6) is 0 Å². The molecule has 0 bridgehead atoms. The summed E-state index contributed by atoms with van der Waals surface area (Å²) in [5.74, 6) is 0.352. The van der Waals surface area contributed by atoms with Gasteiger partial charge in [-0.3, -0.25) is 4.98 Å². The fraction of sp³-hybridized carbons (Fsp3) is 0.469. The normalized spacial score (nSPS) is 18.5. The van der Waals surface area contributed by atoms with Gasteiger partial charge in [-0.05, 0) is 94.5 Å². The Kier molecular flexibility index (Phi) is 8.70. The summed E-state index contributed by atoms with van der Waals surface area (Å²) < 4.78 is 19.9. The molecule has 1 amide bonds. The van der Waals surface area contributed by atoms with Gasteiger partial charge in [0.15, 0.2) is 0 Å². The number of rotatable bonds is 6. The molecule has 2 N–H and O–H groups in total. The minimum absolute atomic E-state index is 0.0125. The number of nitrogens with two attached hydrogens (primary N) is 1. The fourth-order valence-electron chi connectivity index (χ4n) is 5.85. The average molecular weight is 575 g/mol. The zero-order valence-electron chi connectivity index (χ0n) is 24.8. The number of halogens is 1. The number of carbonyl (C=O) groups excluding carboxylic acids is 1. The maximum atomic E-state index is 14.4. The number of carbonyl (C=O) groups is 1. The lowest BCUT2D eigenvalue weighted by Crippen LogP contribution is -2.41. The highest BCUT2D eigenvalue weighted by Crippen LogP contribution is 2.38. The standard InChI is InChI=1S/C32H39FN6O3/c1-20-29-27(37-30(34)36-20)16-23(25-8-7-24(33)18-26(25)22-6-5-12-35-19-22)17-28(29)38-41-15-11-21-9-13-39(14-10-21)31(40)42-32(2,3)4/h5-8,12,18-19,21,23H,9-11,13-17H2,1-4H3,(H2,34,36,37)/b38-28+. The maximum absolute atomic E-state index is 14.4. The number of pyridine rings is 1. The fourth-order valence-corrected chi connectivity index (χ4v) is 5.85. The van der Waals surface area contributed by atoms with Gasteiger partial charge >= 0.3 is 6.09 Å². The molecule has 9 nitrogen and oxygen atoms in total. The summed E-state index contributed by atoms with van der Waals surface area (Å²) in [7, 11) is 0. The van der Waals surface area contributed by atoms with Crippen LogP contribution in [0.3, 0.4) is 0 Å². The molecule has 3 aromatic rings. The van der Waals surface area contributed by atoms with E-state index in [9.17, 15) is 9.18 Å². The van der Waals surface area contributed by atoms with Crippen LogP contribution in [0.1, 0.15) is 74.9 Å². The zero-order chi connectivity index (χ0) is 29.9. The first-order chi connectivity index (χ1) is 20.1. The smallest absolute Gasteiger partial charge is 0.410 e. The predicted octanol–water partition coefficient (Wildman–Crippen LogP) is 6.06. The number of benzene rings is 1. The Morgan fingerprint density at radius 2 is 1.95 bits per heavy atom. The van der Waals surface area contributed by atoms with Crippen LogP contribution in [0.15, 0.2) is 47.9 Å². The number of amides is 1. The van der Waals surface area contributed by atoms with Crippen molar-refractivity contribution < 1.29 is 18.8 Å². The quantitative estimate of drug-likeness (QED) is 0.281. The Morgan fingerprint density at radius 1 is 1.17 bits per heavy atom. The lowest BCUT2D eigenvalue weighted by Gasteiger charge is -2.33. The number of hydrogen-bond acceptors (Lipinski definition) is 8. The number of aromatic nitrogens is 3. The first kappa shape index (κ1) is 29.4. The van der Waals surface area contributed by atoms with Crippen LogP contribution in [0.25, 0.3) is 11.1 Å². The largest absolute Gasteiger partial charge is 0.444 e. The van der Waals surface area contributed by atoms with E-state index in [0.29, 0.717) is 38.5 Å². The Labute approximate surface area is 246 Å². The molecule has 1 aliphatic heterocycles. The van der Waals surface area contributed by atoms with Gasteiger partial charge in [0, 0.05) is 43.0 Å². The minimum Gasteiger partial charge on any atom is -0.444 e. The van der Waals surface area contributed by atoms with E-state index >= 15 is 0 Å². The number of fused-ring (bicyclic) bond motifs is 1. The zero-order valence-corrected chi connectivity index (χ0v) is 24.8. The molecule has 0 radical (unpaired) electrons. The van der Waals surface area contributed by atoms with Crippen molar-refractivity contribution in [3.05, 3.63) is 71.1 Å². The lowest BCUT2D eigenvalue weighted by atomic mass is 9.78. The van der Waals surface area contributed by atoms with E-state index in [-0.39, 0.29) is 23.8 Å². The Hall–Kier alpha value is -4.08. The van der Waals surface area contributed by atoms with Crippen LogP contribution in [-0.4, -0.2) is 57.0 Å². The topological polar surface area (TPSA) is 116 Å². The highest BCUT2D eigenvalue weighted by molar-refractivity contribution is 6.03. The molecule has 3 heterocycles. The van der Waals surface area contributed by atoms with Gasteiger partial charge in [-0.1, -0.05) is 17.3 Å². The van der Waals surface area contributed by atoms with Gasteiger partial charge in [0.2, 0.25) is 5.95 Å². The second-order valence-electron chi connectivity index (χ2n) is 12.1. The predicted molar refractivity (Wildman–Crippen MR) is 160 cm³/mol. The average Bonchev–Trinajstić information content (AvgIpc) is 2.94. The molecule has 10 heteroatoms. The van der Waals surface area contributed by atoms with Crippen molar-refractivity contribution in [2.45, 2.75) is 71.3 Å². The summed E-state index contributed by atoms with van der Waals surface area (Å²) in [6.45, 7) is 9.37. The third-order valence-electron chi connectivity index (χ3n) is 7.84. The number of piperidine rings is 1. The molecule has 1 saturated heterocycles. The minimum atomic E-state index is -0.496. The molecule has 0 spiro atoms. The first-order valence-electron chi connectivity index (χ1n) is 14.6. The molecule has 0 saturated carbocycles. The van der Waals surface area contributed by atoms with E-state index < -0.39 is 5.60 Å². The second-order valence-corrected chi connectivity index (χ2v) is 12.1. The van der Waals surface area contributed by atoms with E-state index in [4.69, 9.17) is 15.3 Å². The van der Waals surface area contributed by atoms with E-state index in [1.807, 2.05) is 45.9 Å². The lowest BCUT2D eigenvalue weighted by molar-refractivity contribution is 0.0168. The molecule has 2 aromatic heterocycles. The van der Waals surface area contributed by atoms with Gasteiger partial charge in [-0.2, -0.15) is 0 Å². The van der Waals surface area contributed by atoms with Gasteiger partial charge in [-0.25, -0.2) is 19.2 Å². The van der Waals surface area contributed by atoms with Crippen LogP contribution >= 0.6 is 0 Å². The van der Waals surface area contributed by atoms with Gasteiger partial charge in [0.25, 0.3) is 0 Å². The van der Waals surface area contributed by atoms with Crippen molar-refractivity contribution in [1.82, 2.24) is 19.9 Å². The van der Waals surface area contributed by atoms with Gasteiger partial charge in [0.1, 0.15) is 18.0 Å². The number of hydrogen-bond donors (Lipinski definition) is 1. The third-order valence-corrected chi connectivity index (χ3v) is 7.84. The number of anilines is 1. The molecule has 1 aromatic carbocycles.